The van der Waals surface area contributed by atoms with Gasteiger partial charge in [0.25, 0.3) is 0 Å². The molecule has 1 aliphatic heterocycles. The topological polar surface area (TPSA) is 91.0 Å². The average Bonchev–Trinajstić information content (AvgIpc) is 2.67. The van der Waals surface area contributed by atoms with Gasteiger partial charge in [0, 0.05) is 46.1 Å². The summed E-state index contributed by atoms with van der Waals surface area (Å²) in [7, 11) is 1.82. The number of carbonyl (C=O) groups excluding carboxylic acids is 2. The molecule has 1 fully saturated rings. The summed E-state index contributed by atoms with van der Waals surface area (Å²) in [6.07, 6.45) is 2.82. The van der Waals surface area contributed by atoms with Gasteiger partial charge < -0.3 is 20.9 Å². The van der Waals surface area contributed by atoms with Gasteiger partial charge in [-0.05, 0) is 31.2 Å². The Labute approximate surface area is 168 Å². The highest BCUT2D eigenvalue weighted by molar-refractivity contribution is 5.81. The van der Waals surface area contributed by atoms with Gasteiger partial charge in [-0.2, -0.15) is 0 Å². The number of benzene rings is 1. The van der Waals surface area contributed by atoms with E-state index in [0.717, 1.165) is 44.0 Å². The molecule has 2 amide bonds. The minimum Gasteiger partial charge on any atom is -0.370 e. The van der Waals surface area contributed by atoms with Gasteiger partial charge >= 0.3 is 0 Å². The Bertz CT molecular complexity index is 662. The second kappa shape index (κ2) is 11.3. The maximum Gasteiger partial charge on any atom is 0.224 e. The molecular formula is C21H33N5O2. The van der Waals surface area contributed by atoms with Crippen molar-refractivity contribution >= 4 is 17.8 Å². The van der Waals surface area contributed by atoms with Crippen LogP contribution in [0.1, 0.15) is 38.2 Å². The van der Waals surface area contributed by atoms with Gasteiger partial charge in [-0.1, -0.05) is 30.3 Å². The normalized spacial score (nSPS) is 17.3. The molecule has 0 spiro atoms. The highest BCUT2D eigenvalue weighted by Gasteiger charge is 2.23. The lowest BCUT2D eigenvalue weighted by atomic mass is 9.95. The van der Waals surface area contributed by atoms with Crippen LogP contribution in [-0.2, 0) is 16.1 Å². The Balaban J connectivity index is 1.87. The number of primary amides is 1. The number of guanidine groups is 1. The molecular weight excluding hydrogens is 354 g/mol. The second-order valence-electron chi connectivity index (χ2n) is 7.35. The molecule has 0 aliphatic carbocycles. The first kappa shape index (κ1) is 21.7. The monoisotopic (exact) mass is 387 g/mol. The summed E-state index contributed by atoms with van der Waals surface area (Å²) >= 11 is 0. The smallest absolute Gasteiger partial charge is 0.224 e. The summed E-state index contributed by atoms with van der Waals surface area (Å²) in [5.41, 5.74) is 6.47. The van der Waals surface area contributed by atoms with Crippen LogP contribution < -0.4 is 11.1 Å². The Hall–Kier alpha value is -2.57. The Morgan fingerprint density at radius 2 is 2.07 bits per heavy atom. The van der Waals surface area contributed by atoms with Gasteiger partial charge in [0.1, 0.15) is 0 Å². The summed E-state index contributed by atoms with van der Waals surface area (Å²) in [5.74, 6) is 0.915. The van der Waals surface area contributed by atoms with Gasteiger partial charge in [-0.15, -0.1) is 0 Å². The van der Waals surface area contributed by atoms with Gasteiger partial charge in [0.05, 0.1) is 6.54 Å². The Morgan fingerprint density at radius 1 is 1.32 bits per heavy atom. The second-order valence-corrected chi connectivity index (χ2v) is 7.35. The molecule has 0 aromatic heterocycles. The van der Waals surface area contributed by atoms with Crippen molar-refractivity contribution in [2.45, 2.75) is 39.2 Å². The van der Waals surface area contributed by atoms with Gasteiger partial charge in [0.15, 0.2) is 5.96 Å². The van der Waals surface area contributed by atoms with Crippen LogP contribution in [0.15, 0.2) is 35.3 Å². The first-order valence-electron chi connectivity index (χ1n) is 10.1. The third-order valence-electron chi connectivity index (χ3n) is 4.92. The van der Waals surface area contributed by atoms with E-state index in [-0.39, 0.29) is 17.7 Å². The number of hydrogen-bond acceptors (Lipinski definition) is 3. The van der Waals surface area contributed by atoms with Crippen LogP contribution in [0.2, 0.25) is 0 Å². The minimum atomic E-state index is -0.249. The summed E-state index contributed by atoms with van der Waals surface area (Å²) in [6.45, 7) is 5.51. The predicted octanol–water partition coefficient (Wildman–Crippen LogP) is 1.59. The van der Waals surface area contributed by atoms with Crippen LogP contribution in [-0.4, -0.2) is 60.8 Å². The molecule has 1 unspecified atom stereocenters. The molecule has 1 aromatic carbocycles. The molecule has 1 heterocycles. The molecule has 0 bridgehead atoms. The highest BCUT2D eigenvalue weighted by Crippen LogP contribution is 2.19. The zero-order chi connectivity index (χ0) is 20.4. The molecule has 2 rings (SSSR count). The number of aliphatic imine (C=N–C) groups is 1. The molecule has 7 heteroatoms. The third-order valence-corrected chi connectivity index (χ3v) is 4.92. The fourth-order valence-corrected chi connectivity index (χ4v) is 3.53. The maximum absolute atomic E-state index is 12.4. The zero-order valence-corrected chi connectivity index (χ0v) is 17.1. The summed E-state index contributed by atoms with van der Waals surface area (Å²) in [4.78, 5) is 32.2. The number of carbonyl (C=O) groups is 2. The van der Waals surface area contributed by atoms with Crippen molar-refractivity contribution < 1.29 is 9.59 Å². The van der Waals surface area contributed by atoms with Crippen LogP contribution in [0.5, 0.6) is 0 Å². The van der Waals surface area contributed by atoms with E-state index in [1.54, 1.807) is 4.90 Å². The van der Waals surface area contributed by atoms with Crippen molar-refractivity contribution in [3.8, 4) is 0 Å². The minimum absolute atomic E-state index is 0.0775. The van der Waals surface area contributed by atoms with Gasteiger partial charge in [-0.3, -0.25) is 14.6 Å². The lowest BCUT2D eigenvalue weighted by Crippen LogP contribution is -2.47. The fourth-order valence-electron chi connectivity index (χ4n) is 3.53. The average molecular weight is 388 g/mol. The van der Waals surface area contributed by atoms with E-state index in [1.165, 1.54) is 0 Å². The molecule has 1 saturated heterocycles. The molecule has 1 atom stereocenters. The largest absolute Gasteiger partial charge is 0.370 e. The number of nitrogens with two attached hydrogens (primary N) is 1. The van der Waals surface area contributed by atoms with Crippen molar-refractivity contribution in [3.63, 3.8) is 0 Å². The van der Waals surface area contributed by atoms with Crippen molar-refractivity contribution in [2.75, 3.05) is 33.2 Å². The Morgan fingerprint density at radius 3 is 2.75 bits per heavy atom. The van der Waals surface area contributed by atoms with E-state index in [2.05, 4.69) is 15.2 Å². The summed E-state index contributed by atoms with van der Waals surface area (Å²) < 4.78 is 0. The van der Waals surface area contributed by atoms with E-state index in [9.17, 15) is 9.59 Å². The number of rotatable bonds is 8. The first-order valence-corrected chi connectivity index (χ1v) is 10.1. The SMILES string of the molecule is CCNC(=NCCC(=O)N(C)Cc1ccccc1)N1CCCC(CC(N)=O)C1. The molecule has 1 aromatic rings. The number of hydrogen-bond donors (Lipinski definition) is 2. The van der Waals surface area contributed by atoms with E-state index >= 15 is 0 Å². The molecule has 3 N–H and O–H groups in total. The van der Waals surface area contributed by atoms with E-state index in [0.29, 0.717) is 25.9 Å². The van der Waals surface area contributed by atoms with E-state index in [4.69, 9.17) is 5.73 Å². The van der Waals surface area contributed by atoms with Crippen LogP contribution in [0.4, 0.5) is 0 Å². The number of piperidine rings is 1. The predicted molar refractivity (Wildman–Crippen MR) is 112 cm³/mol. The quantitative estimate of drug-likeness (QED) is 0.523. The molecule has 154 valence electrons. The molecule has 1 aliphatic rings. The number of nitrogens with zero attached hydrogens (tertiary/aromatic N) is 3. The maximum atomic E-state index is 12.4. The van der Waals surface area contributed by atoms with Crippen LogP contribution in [0.25, 0.3) is 0 Å². The summed E-state index contributed by atoms with van der Waals surface area (Å²) in [5, 5.41) is 3.30. The van der Waals surface area contributed by atoms with Crippen molar-refractivity contribution in [3.05, 3.63) is 35.9 Å². The van der Waals surface area contributed by atoms with Crippen molar-refractivity contribution in [1.29, 1.82) is 0 Å². The number of amides is 2. The molecule has 0 radical (unpaired) electrons. The highest BCUT2D eigenvalue weighted by atomic mass is 16.2. The fraction of sp³-hybridized carbons (Fsp3) is 0.571. The van der Waals surface area contributed by atoms with Crippen molar-refractivity contribution in [2.24, 2.45) is 16.6 Å². The van der Waals surface area contributed by atoms with Crippen LogP contribution in [0.3, 0.4) is 0 Å². The Kier molecular flexibility index (Phi) is 8.78. The van der Waals surface area contributed by atoms with Gasteiger partial charge in [0.2, 0.25) is 11.8 Å². The van der Waals surface area contributed by atoms with Gasteiger partial charge in [-0.25, -0.2) is 0 Å². The molecule has 28 heavy (non-hydrogen) atoms. The lowest BCUT2D eigenvalue weighted by Gasteiger charge is -2.34. The lowest BCUT2D eigenvalue weighted by molar-refractivity contribution is -0.130. The number of likely N-dealkylation sites (tertiary alicyclic amines) is 1. The first-order chi connectivity index (χ1) is 13.5. The third kappa shape index (κ3) is 7.21. The van der Waals surface area contributed by atoms with E-state index < -0.39 is 0 Å². The summed E-state index contributed by atoms with van der Waals surface area (Å²) in [6, 6.07) is 9.96. The van der Waals surface area contributed by atoms with Crippen molar-refractivity contribution in [1.82, 2.24) is 15.1 Å². The zero-order valence-electron chi connectivity index (χ0n) is 17.1. The molecule has 7 nitrogen and oxygen atoms in total. The van der Waals surface area contributed by atoms with Crippen LogP contribution in [0, 0.1) is 5.92 Å². The standard InChI is InChI=1S/C21H33N5O2/c1-3-23-21(26-13-7-10-18(16-26)14-19(22)27)24-12-11-20(28)25(2)15-17-8-5-4-6-9-17/h4-6,8-9,18H,3,7,10-16H2,1-2H3,(H2,22,27)(H,23,24). The van der Waals surface area contributed by atoms with Crippen LogP contribution >= 0.6 is 0 Å². The number of nitrogens with one attached hydrogen (secondary N) is 1. The molecule has 0 saturated carbocycles. The van der Waals surface area contributed by atoms with E-state index in [1.807, 2.05) is 44.3 Å².